The molecule has 2 rings (SSSR count). The summed E-state index contributed by atoms with van der Waals surface area (Å²) >= 11 is 0. The lowest BCUT2D eigenvalue weighted by molar-refractivity contribution is 0.102. The molecule has 0 atom stereocenters. The first kappa shape index (κ1) is 12.9. The molecular weight excluding hydrogens is 244 g/mol. The Kier molecular flexibility index (Phi) is 3.70. The predicted molar refractivity (Wildman–Crippen MR) is 73.2 cm³/mol. The van der Waals surface area contributed by atoms with Gasteiger partial charge in [0.15, 0.2) is 0 Å². The second-order valence-corrected chi connectivity index (χ2v) is 4.35. The van der Waals surface area contributed by atoms with Gasteiger partial charge in [0.1, 0.15) is 11.4 Å². The molecule has 0 radical (unpaired) electrons. The van der Waals surface area contributed by atoms with Crippen LogP contribution in [0.1, 0.15) is 24.3 Å². The number of hydrogen-bond donors (Lipinski definition) is 3. The van der Waals surface area contributed by atoms with Crippen LogP contribution in [0.4, 0.5) is 11.4 Å². The maximum Gasteiger partial charge on any atom is 0.275 e. The van der Waals surface area contributed by atoms with Crippen molar-refractivity contribution in [2.45, 2.75) is 20.0 Å². The molecule has 100 valence electrons. The molecule has 0 spiro atoms. The molecule has 19 heavy (non-hydrogen) atoms. The number of benzene rings is 1. The SMILES string of the molecule is CC(C)Oc1ccc(NC(=O)c2[nH]ncc2N)cc1. The molecule has 6 heteroatoms. The molecule has 1 aromatic carbocycles. The lowest BCUT2D eigenvalue weighted by Gasteiger charge is -2.10. The molecule has 4 N–H and O–H groups in total. The number of rotatable bonds is 4. The average molecular weight is 260 g/mol. The Labute approximate surface area is 111 Å². The third-order valence-electron chi connectivity index (χ3n) is 2.38. The van der Waals surface area contributed by atoms with Crippen LogP contribution >= 0.6 is 0 Å². The molecular formula is C13H16N4O2. The van der Waals surface area contributed by atoms with Crippen molar-refractivity contribution in [3.05, 3.63) is 36.2 Å². The minimum absolute atomic E-state index is 0.116. The van der Waals surface area contributed by atoms with Crippen LogP contribution in [0, 0.1) is 0 Å². The third-order valence-corrected chi connectivity index (χ3v) is 2.38. The number of H-pyrrole nitrogens is 1. The first-order valence-corrected chi connectivity index (χ1v) is 5.93. The zero-order valence-corrected chi connectivity index (χ0v) is 10.8. The monoisotopic (exact) mass is 260 g/mol. The van der Waals surface area contributed by atoms with Crippen LogP contribution in [0.25, 0.3) is 0 Å². The number of carbonyl (C=O) groups is 1. The molecule has 1 amide bonds. The summed E-state index contributed by atoms with van der Waals surface area (Å²) in [6, 6.07) is 7.13. The van der Waals surface area contributed by atoms with E-state index in [1.54, 1.807) is 24.3 Å². The molecule has 1 aromatic heterocycles. The normalized spacial score (nSPS) is 10.5. The van der Waals surface area contributed by atoms with Crippen molar-refractivity contribution in [3.63, 3.8) is 0 Å². The van der Waals surface area contributed by atoms with Crippen LogP contribution in [0.2, 0.25) is 0 Å². The van der Waals surface area contributed by atoms with E-state index in [0.717, 1.165) is 5.75 Å². The van der Waals surface area contributed by atoms with Crippen LogP contribution in [0.15, 0.2) is 30.5 Å². The van der Waals surface area contributed by atoms with Gasteiger partial charge in [0.05, 0.1) is 18.0 Å². The number of nitrogens with two attached hydrogens (primary N) is 1. The van der Waals surface area contributed by atoms with Crippen LogP contribution in [0.5, 0.6) is 5.75 Å². The van der Waals surface area contributed by atoms with Gasteiger partial charge >= 0.3 is 0 Å². The minimum Gasteiger partial charge on any atom is -0.491 e. The molecule has 1 heterocycles. The number of anilines is 2. The predicted octanol–water partition coefficient (Wildman–Crippen LogP) is 2.03. The van der Waals surface area contributed by atoms with Gasteiger partial charge in [0.25, 0.3) is 5.91 Å². The highest BCUT2D eigenvalue weighted by atomic mass is 16.5. The lowest BCUT2D eigenvalue weighted by atomic mass is 10.2. The smallest absolute Gasteiger partial charge is 0.275 e. The topological polar surface area (TPSA) is 93.0 Å². The van der Waals surface area contributed by atoms with E-state index in [9.17, 15) is 4.79 Å². The van der Waals surface area contributed by atoms with E-state index in [2.05, 4.69) is 15.5 Å². The van der Waals surface area contributed by atoms with Crippen LogP contribution in [0.3, 0.4) is 0 Å². The van der Waals surface area contributed by atoms with Crippen molar-refractivity contribution in [3.8, 4) is 5.75 Å². The van der Waals surface area contributed by atoms with Gasteiger partial charge in [-0.25, -0.2) is 0 Å². The molecule has 2 aromatic rings. The first-order valence-electron chi connectivity index (χ1n) is 5.93. The molecule has 0 aliphatic carbocycles. The van der Waals surface area contributed by atoms with Gasteiger partial charge in [-0.1, -0.05) is 0 Å². The largest absolute Gasteiger partial charge is 0.491 e. The van der Waals surface area contributed by atoms with E-state index in [1.165, 1.54) is 6.20 Å². The zero-order chi connectivity index (χ0) is 13.8. The quantitative estimate of drug-likeness (QED) is 0.784. The first-order chi connectivity index (χ1) is 9.06. The van der Waals surface area contributed by atoms with Crippen molar-refractivity contribution in [1.29, 1.82) is 0 Å². The van der Waals surface area contributed by atoms with E-state index in [4.69, 9.17) is 10.5 Å². The maximum atomic E-state index is 11.9. The number of hydrogen-bond acceptors (Lipinski definition) is 4. The summed E-state index contributed by atoms with van der Waals surface area (Å²) in [5, 5.41) is 8.97. The number of nitrogens with zero attached hydrogens (tertiary/aromatic N) is 1. The summed E-state index contributed by atoms with van der Waals surface area (Å²) in [6.07, 6.45) is 1.51. The Morgan fingerprint density at radius 3 is 2.58 bits per heavy atom. The fourth-order valence-corrected chi connectivity index (χ4v) is 1.56. The van der Waals surface area contributed by atoms with Crippen LogP contribution in [-0.4, -0.2) is 22.2 Å². The summed E-state index contributed by atoms with van der Waals surface area (Å²) < 4.78 is 5.52. The van der Waals surface area contributed by atoms with Crippen molar-refractivity contribution in [2.24, 2.45) is 0 Å². The maximum absolute atomic E-state index is 11.9. The van der Waals surface area contributed by atoms with Crippen LogP contribution < -0.4 is 15.8 Å². The zero-order valence-electron chi connectivity index (χ0n) is 10.8. The second-order valence-electron chi connectivity index (χ2n) is 4.35. The summed E-state index contributed by atoms with van der Waals surface area (Å²) in [6.45, 7) is 3.91. The summed E-state index contributed by atoms with van der Waals surface area (Å²) in [7, 11) is 0. The molecule has 0 fully saturated rings. The Bertz CT molecular complexity index is 560. The highest BCUT2D eigenvalue weighted by Gasteiger charge is 2.11. The van der Waals surface area contributed by atoms with Crippen LogP contribution in [-0.2, 0) is 0 Å². The molecule has 0 bridgehead atoms. The Balaban J connectivity index is 2.04. The van der Waals surface area contributed by atoms with E-state index in [0.29, 0.717) is 11.4 Å². The van der Waals surface area contributed by atoms with E-state index < -0.39 is 0 Å². The fraction of sp³-hybridized carbons (Fsp3) is 0.231. The number of aromatic amines is 1. The summed E-state index contributed by atoms with van der Waals surface area (Å²) in [4.78, 5) is 11.9. The molecule has 0 saturated carbocycles. The molecule has 0 unspecified atom stereocenters. The van der Waals surface area contributed by atoms with E-state index in [1.807, 2.05) is 13.8 Å². The van der Waals surface area contributed by atoms with Crippen molar-refractivity contribution >= 4 is 17.3 Å². The minimum atomic E-state index is -0.326. The Hall–Kier alpha value is -2.50. The number of nitrogens with one attached hydrogen (secondary N) is 2. The van der Waals surface area contributed by atoms with Gasteiger partial charge < -0.3 is 15.8 Å². The average Bonchev–Trinajstić information content (AvgIpc) is 2.77. The van der Waals surface area contributed by atoms with Gasteiger partial charge in [-0.3, -0.25) is 9.89 Å². The number of amides is 1. The van der Waals surface area contributed by atoms with E-state index in [-0.39, 0.29) is 17.7 Å². The van der Waals surface area contributed by atoms with Crippen molar-refractivity contribution < 1.29 is 9.53 Å². The number of ether oxygens (including phenoxy) is 1. The third kappa shape index (κ3) is 3.25. The Morgan fingerprint density at radius 2 is 2.05 bits per heavy atom. The summed E-state index contributed by atoms with van der Waals surface area (Å²) in [5.74, 6) is 0.432. The molecule has 0 aliphatic rings. The van der Waals surface area contributed by atoms with Gasteiger partial charge in [-0.2, -0.15) is 5.10 Å². The van der Waals surface area contributed by atoms with Crippen molar-refractivity contribution in [1.82, 2.24) is 10.2 Å². The van der Waals surface area contributed by atoms with E-state index >= 15 is 0 Å². The highest BCUT2D eigenvalue weighted by Crippen LogP contribution is 2.18. The highest BCUT2D eigenvalue weighted by molar-refractivity contribution is 6.06. The van der Waals surface area contributed by atoms with Gasteiger partial charge in [0, 0.05) is 5.69 Å². The van der Waals surface area contributed by atoms with Gasteiger partial charge in [-0.05, 0) is 38.1 Å². The molecule has 0 saturated heterocycles. The molecule has 0 aliphatic heterocycles. The summed E-state index contributed by atoms with van der Waals surface area (Å²) in [5.41, 5.74) is 6.83. The number of carbonyl (C=O) groups excluding carboxylic acids is 1. The number of nitrogen functional groups attached to an aromatic ring is 1. The van der Waals surface area contributed by atoms with Gasteiger partial charge in [-0.15, -0.1) is 0 Å². The fourth-order valence-electron chi connectivity index (χ4n) is 1.56. The lowest BCUT2D eigenvalue weighted by Crippen LogP contribution is -2.14. The van der Waals surface area contributed by atoms with Gasteiger partial charge in [0.2, 0.25) is 0 Å². The number of aromatic nitrogens is 2. The Morgan fingerprint density at radius 1 is 1.37 bits per heavy atom. The second kappa shape index (κ2) is 5.43. The molecule has 6 nitrogen and oxygen atoms in total. The van der Waals surface area contributed by atoms with Crippen molar-refractivity contribution in [2.75, 3.05) is 11.1 Å². The standard InChI is InChI=1S/C13H16N4O2/c1-8(2)19-10-5-3-9(4-6-10)16-13(18)12-11(14)7-15-17-12/h3-8H,14H2,1-2H3,(H,15,17)(H,16,18).